The lowest BCUT2D eigenvalue weighted by atomic mass is 10.2. The molecule has 0 atom stereocenters. The highest BCUT2D eigenvalue weighted by molar-refractivity contribution is 9.10. The molecule has 0 saturated carbocycles. The van der Waals surface area contributed by atoms with Crippen LogP contribution in [0.5, 0.6) is 5.75 Å². The number of methoxy groups -OCH3 is 1. The van der Waals surface area contributed by atoms with E-state index in [2.05, 4.69) is 41.7 Å². The number of anilines is 4. The number of nitrogens with zero attached hydrogens (tertiary/aromatic N) is 3. The lowest BCUT2D eigenvalue weighted by Gasteiger charge is -2.09. The van der Waals surface area contributed by atoms with Crippen molar-refractivity contribution in [3.63, 3.8) is 0 Å². The second-order valence-electron chi connectivity index (χ2n) is 5.11. The molecule has 0 amide bonds. The van der Waals surface area contributed by atoms with E-state index < -0.39 is 0 Å². The van der Waals surface area contributed by atoms with Gasteiger partial charge in [-0.15, -0.1) is 5.10 Å². The Hall–Kier alpha value is -2.67. The Balaban J connectivity index is 1.77. The summed E-state index contributed by atoms with van der Waals surface area (Å²) in [5.41, 5.74) is 2.90. The Morgan fingerprint density at radius 1 is 1.04 bits per heavy atom. The zero-order chi connectivity index (χ0) is 16.9. The highest BCUT2D eigenvalue weighted by Crippen LogP contribution is 2.23. The lowest BCUT2D eigenvalue weighted by molar-refractivity contribution is 0.415. The van der Waals surface area contributed by atoms with Crippen molar-refractivity contribution in [1.82, 2.24) is 15.2 Å². The Kier molecular flexibility index (Phi) is 4.90. The maximum absolute atomic E-state index is 5.21. The van der Waals surface area contributed by atoms with E-state index in [9.17, 15) is 0 Å². The Morgan fingerprint density at radius 3 is 2.67 bits per heavy atom. The third-order valence-electron chi connectivity index (χ3n) is 3.33. The van der Waals surface area contributed by atoms with E-state index in [0.717, 1.165) is 27.2 Å². The molecule has 1 aromatic heterocycles. The molecular weight excluding hydrogens is 370 g/mol. The molecule has 0 aliphatic heterocycles. The molecule has 0 radical (unpaired) electrons. The van der Waals surface area contributed by atoms with Gasteiger partial charge < -0.3 is 15.4 Å². The minimum absolute atomic E-state index is 0.415. The largest absolute Gasteiger partial charge is 0.497 e. The summed E-state index contributed by atoms with van der Waals surface area (Å²) in [5, 5.41) is 14.3. The monoisotopic (exact) mass is 385 g/mol. The van der Waals surface area contributed by atoms with Gasteiger partial charge >= 0.3 is 0 Å². The van der Waals surface area contributed by atoms with Crippen molar-refractivity contribution in [2.75, 3.05) is 17.7 Å². The molecule has 7 heteroatoms. The summed E-state index contributed by atoms with van der Waals surface area (Å²) in [7, 11) is 1.63. The smallest absolute Gasteiger partial charge is 0.249 e. The number of hydrogen-bond donors (Lipinski definition) is 2. The minimum atomic E-state index is 0.415. The summed E-state index contributed by atoms with van der Waals surface area (Å²) in [5.74, 6) is 1.77. The average Bonchev–Trinajstić information content (AvgIpc) is 2.59. The van der Waals surface area contributed by atoms with E-state index in [4.69, 9.17) is 4.74 Å². The first-order chi connectivity index (χ1) is 11.6. The molecule has 1 heterocycles. The molecule has 0 unspecified atom stereocenters. The quantitative estimate of drug-likeness (QED) is 0.676. The second kappa shape index (κ2) is 7.27. The molecule has 0 saturated heterocycles. The third-order valence-corrected chi connectivity index (χ3v) is 4.18. The minimum Gasteiger partial charge on any atom is -0.497 e. The molecule has 0 aliphatic carbocycles. The van der Waals surface area contributed by atoms with Crippen molar-refractivity contribution in [2.24, 2.45) is 0 Å². The predicted octanol–water partition coefficient (Wildman–Crippen LogP) is 4.44. The van der Waals surface area contributed by atoms with E-state index >= 15 is 0 Å². The van der Waals surface area contributed by atoms with Crippen LogP contribution in [0.3, 0.4) is 0 Å². The zero-order valence-corrected chi connectivity index (χ0v) is 14.8. The molecule has 0 spiro atoms. The van der Waals surface area contributed by atoms with E-state index in [1.807, 2.05) is 49.4 Å². The van der Waals surface area contributed by atoms with Crippen LogP contribution in [0, 0.1) is 6.92 Å². The highest BCUT2D eigenvalue weighted by atomic mass is 79.9. The fourth-order valence-electron chi connectivity index (χ4n) is 2.07. The van der Waals surface area contributed by atoms with Gasteiger partial charge in [0.05, 0.1) is 13.3 Å². The van der Waals surface area contributed by atoms with Crippen LogP contribution in [0.1, 0.15) is 5.56 Å². The number of hydrogen-bond acceptors (Lipinski definition) is 6. The summed E-state index contributed by atoms with van der Waals surface area (Å²) >= 11 is 3.51. The van der Waals surface area contributed by atoms with Gasteiger partial charge in [0, 0.05) is 21.9 Å². The summed E-state index contributed by atoms with van der Waals surface area (Å²) in [4.78, 5) is 4.42. The third kappa shape index (κ3) is 3.99. The van der Waals surface area contributed by atoms with Crippen molar-refractivity contribution < 1.29 is 4.74 Å². The van der Waals surface area contributed by atoms with Gasteiger partial charge in [-0.2, -0.15) is 10.1 Å². The first-order valence-corrected chi connectivity index (χ1v) is 8.07. The molecule has 24 heavy (non-hydrogen) atoms. The summed E-state index contributed by atoms with van der Waals surface area (Å²) < 4.78 is 6.23. The molecule has 6 nitrogen and oxygen atoms in total. The van der Waals surface area contributed by atoms with Crippen LogP contribution in [-0.2, 0) is 0 Å². The van der Waals surface area contributed by atoms with Crippen molar-refractivity contribution in [3.05, 3.63) is 58.7 Å². The zero-order valence-electron chi connectivity index (χ0n) is 13.2. The molecule has 3 rings (SSSR count). The summed E-state index contributed by atoms with van der Waals surface area (Å²) in [6.45, 7) is 2.03. The molecule has 0 fully saturated rings. The molecular formula is C17H16BrN5O. The van der Waals surface area contributed by atoms with Gasteiger partial charge in [-0.1, -0.05) is 28.1 Å². The van der Waals surface area contributed by atoms with Gasteiger partial charge in [0.15, 0.2) is 5.82 Å². The van der Waals surface area contributed by atoms with E-state index in [0.29, 0.717) is 11.8 Å². The van der Waals surface area contributed by atoms with Gasteiger partial charge in [0.1, 0.15) is 5.75 Å². The standard InChI is InChI=1S/C17H16BrN5O/c1-11-6-7-13(9-15(11)18)21-17-22-16(10-19-23-17)20-12-4-3-5-14(8-12)24-2/h3-10H,1-2H3,(H2,20,21,22,23). The number of ether oxygens (including phenoxy) is 1. The molecule has 122 valence electrons. The Morgan fingerprint density at radius 2 is 1.88 bits per heavy atom. The van der Waals surface area contributed by atoms with Crippen LogP contribution in [-0.4, -0.2) is 22.3 Å². The lowest BCUT2D eigenvalue weighted by Crippen LogP contribution is -2.02. The maximum atomic E-state index is 5.21. The van der Waals surface area contributed by atoms with Crippen molar-refractivity contribution >= 4 is 39.1 Å². The molecule has 0 aliphatic rings. The number of benzene rings is 2. The van der Waals surface area contributed by atoms with Crippen molar-refractivity contribution in [2.45, 2.75) is 6.92 Å². The van der Waals surface area contributed by atoms with E-state index in [1.165, 1.54) is 0 Å². The fourth-order valence-corrected chi connectivity index (χ4v) is 2.44. The Bertz CT molecular complexity index is 856. The summed E-state index contributed by atoms with van der Waals surface area (Å²) in [6.07, 6.45) is 1.57. The van der Waals surface area contributed by atoms with Crippen LogP contribution in [0.25, 0.3) is 0 Å². The maximum Gasteiger partial charge on any atom is 0.249 e. The van der Waals surface area contributed by atoms with Gasteiger partial charge in [-0.05, 0) is 36.8 Å². The van der Waals surface area contributed by atoms with Gasteiger partial charge in [-0.3, -0.25) is 0 Å². The predicted molar refractivity (Wildman–Crippen MR) is 98.3 cm³/mol. The Labute approximate surface area is 148 Å². The van der Waals surface area contributed by atoms with Crippen LogP contribution >= 0.6 is 15.9 Å². The number of aryl methyl sites for hydroxylation is 1. The van der Waals surface area contributed by atoms with E-state index in [-0.39, 0.29) is 0 Å². The topological polar surface area (TPSA) is 72.0 Å². The van der Waals surface area contributed by atoms with Gasteiger partial charge in [0.25, 0.3) is 0 Å². The molecule has 0 bridgehead atoms. The van der Waals surface area contributed by atoms with Crippen molar-refractivity contribution in [3.8, 4) is 5.75 Å². The van der Waals surface area contributed by atoms with Crippen molar-refractivity contribution in [1.29, 1.82) is 0 Å². The molecule has 2 N–H and O–H groups in total. The van der Waals surface area contributed by atoms with Crippen LogP contribution in [0.4, 0.5) is 23.1 Å². The number of rotatable bonds is 5. The van der Waals surface area contributed by atoms with Crippen LogP contribution in [0.15, 0.2) is 53.1 Å². The van der Waals surface area contributed by atoms with Gasteiger partial charge in [0.2, 0.25) is 5.95 Å². The molecule has 3 aromatic rings. The number of nitrogens with one attached hydrogen (secondary N) is 2. The summed E-state index contributed by atoms with van der Waals surface area (Å²) in [6, 6.07) is 13.5. The highest BCUT2D eigenvalue weighted by Gasteiger charge is 2.04. The van der Waals surface area contributed by atoms with Crippen LogP contribution in [0.2, 0.25) is 0 Å². The average molecular weight is 386 g/mol. The van der Waals surface area contributed by atoms with Gasteiger partial charge in [-0.25, -0.2) is 0 Å². The second-order valence-corrected chi connectivity index (χ2v) is 5.97. The first-order valence-electron chi connectivity index (χ1n) is 7.28. The van der Waals surface area contributed by atoms with Crippen LogP contribution < -0.4 is 15.4 Å². The number of halogens is 1. The fraction of sp³-hybridized carbons (Fsp3) is 0.118. The normalized spacial score (nSPS) is 10.3. The molecule has 2 aromatic carbocycles. The first kappa shape index (κ1) is 16.2. The number of aromatic nitrogens is 3. The SMILES string of the molecule is COc1cccc(Nc2cnnc(Nc3ccc(C)c(Br)c3)n2)c1. The van der Waals surface area contributed by atoms with E-state index in [1.54, 1.807) is 13.3 Å².